The standard InChI is InChI=1S/C18H16BrNO3/c1-20(18(22)14-8-4-5-9-15(14)19)16-10-6-3-7-13(16)11-12-17(21)23-2/h3-12H,1-2H3/b12-11+. The molecule has 0 heterocycles. The van der Waals surface area contributed by atoms with Crippen LogP contribution >= 0.6 is 15.9 Å². The van der Waals surface area contributed by atoms with E-state index in [4.69, 9.17) is 0 Å². The highest BCUT2D eigenvalue weighted by atomic mass is 79.9. The quantitative estimate of drug-likeness (QED) is 0.602. The Bertz CT molecular complexity index is 755. The number of ether oxygens (including phenoxy) is 1. The van der Waals surface area contributed by atoms with Gasteiger partial charge in [-0.2, -0.15) is 0 Å². The Labute approximate surface area is 143 Å². The molecule has 0 fully saturated rings. The summed E-state index contributed by atoms with van der Waals surface area (Å²) in [4.78, 5) is 25.5. The molecule has 0 aromatic heterocycles. The highest BCUT2D eigenvalue weighted by molar-refractivity contribution is 9.10. The van der Waals surface area contributed by atoms with Crippen LogP contribution in [0.5, 0.6) is 0 Å². The van der Waals surface area contributed by atoms with Gasteiger partial charge in [0.25, 0.3) is 5.91 Å². The van der Waals surface area contributed by atoms with E-state index in [9.17, 15) is 9.59 Å². The monoisotopic (exact) mass is 373 g/mol. The van der Waals surface area contributed by atoms with Crippen LogP contribution in [0.15, 0.2) is 59.1 Å². The summed E-state index contributed by atoms with van der Waals surface area (Å²) in [6.07, 6.45) is 2.96. The molecule has 0 aliphatic heterocycles. The second kappa shape index (κ2) is 7.74. The van der Waals surface area contributed by atoms with E-state index in [2.05, 4.69) is 20.7 Å². The fourth-order valence-electron chi connectivity index (χ4n) is 2.08. The lowest BCUT2D eigenvalue weighted by Crippen LogP contribution is -2.27. The van der Waals surface area contributed by atoms with Crippen molar-refractivity contribution < 1.29 is 14.3 Å². The van der Waals surface area contributed by atoms with Crippen LogP contribution in [-0.4, -0.2) is 26.0 Å². The van der Waals surface area contributed by atoms with Crippen molar-refractivity contribution in [3.8, 4) is 0 Å². The van der Waals surface area contributed by atoms with Crippen LogP contribution in [0.4, 0.5) is 5.69 Å². The van der Waals surface area contributed by atoms with Gasteiger partial charge in [0, 0.05) is 17.6 Å². The molecule has 4 nitrogen and oxygen atoms in total. The van der Waals surface area contributed by atoms with E-state index < -0.39 is 5.97 Å². The van der Waals surface area contributed by atoms with Crippen molar-refractivity contribution in [2.75, 3.05) is 19.1 Å². The molecule has 0 atom stereocenters. The van der Waals surface area contributed by atoms with E-state index in [-0.39, 0.29) is 5.91 Å². The number of anilines is 1. The summed E-state index contributed by atoms with van der Waals surface area (Å²) in [6, 6.07) is 14.6. The van der Waals surface area contributed by atoms with Crippen LogP contribution in [0.3, 0.4) is 0 Å². The van der Waals surface area contributed by atoms with Crippen molar-refractivity contribution in [1.82, 2.24) is 0 Å². The molecule has 0 radical (unpaired) electrons. The Hall–Kier alpha value is -2.40. The topological polar surface area (TPSA) is 46.6 Å². The molecule has 0 spiro atoms. The molecular formula is C18H16BrNO3. The summed E-state index contributed by atoms with van der Waals surface area (Å²) >= 11 is 3.39. The van der Waals surface area contributed by atoms with Crippen molar-refractivity contribution >= 4 is 39.6 Å². The van der Waals surface area contributed by atoms with E-state index in [1.807, 2.05) is 42.5 Å². The Morgan fingerprint density at radius 1 is 1.09 bits per heavy atom. The lowest BCUT2D eigenvalue weighted by molar-refractivity contribution is -0.134. The number of para-hydroxylation sites is 1. The average Bonchev–Trinajstić information content (AvgIpc) is 2.59. The molecule has 0 N–H and O–H groups in total. The number of methoxy groups -OCH3 is 1. The van der Waals surface area contributed by atoms with Crippen molar-refractivity contribution in [1.29, 1.82) is 0 Å². The fraction of sp³-hybridized carbons (Fsp3) is 0.111. The molecule has 0 saturated carbocycles. The second-order valence-corrected chi connectivity index (χ2v) is 5.61. The van der Waals surface area contributed by atoms with Gasteiger partial charge in [-0.05, 0) is 45.8 Å². The highest BCUT2D eigenvalue weighted by Gasteiger charge is 2.17. The third-order valence-electron chi connectivity index (χ3n) is 3.31. The zero-order valence-corrected chi connectivity index (χ0v) is 14.4. The van der Waals surface area contributed by atoms with Crippen molar-refractivity contribution in [2.24, 2.45) is 0 Å². The molecule has 0 bridgehead atoms. The molecule has 0 unspecified atom stereocenters. The number of halogens is 1. The number of amides is 1. The zero-order valence-electron chi connectivity index (χ0n) is 12.8. The first kappa shape index (κ1) is 17.0. The minimum Gasteiger partial charge on any atom is -0.466 e. The Kier molecular flexibility index (Phi) is 5.71. The summed E-state index contributed by atoms with van der Waals surface area (Å²) < 4.78 is 5.33. The van der Waals surface area contributed by atoms with Crippen LogP contribution in [0.2, 0.25) is 0 Å². The number of esters is 1. The van der Waals surface area contributed by atoms with E-state index in [1.165, 1.54) is 13.2 Å². The van der Waals surface area contributed by atoms with Crippen LogP contribution in [0, 0.1) is 0 Å². The predicted octanol–water partition coefficient (Wildman–Crippen LogP) is 3.91. The molecule has 2 rings (SSSR count). The number of hydrogen-bond donors (Lipinski definition) is 0. The van der Waals surface area contributed by atoms with Gasteiger partial charge >= 0.3 is 5.97 Å². The third kappa shape index (κ3) is 4.07. The SMILES string of the molecule is COC(=O)/C=C/c1ccccc1N(C)C(=O)c1ccccc1Br. The normalized spacial score (nSPS) is 10.6. The summed E-state index contributed by atoms with van der Waals surface area (Å²) in [5.74, 6) is -0.587. The smallest absolute Gasteiger partial charge is 0.330 e. The number of rotatable bonds is 4. The minimum atomic E-state index is -0.445. The molecule has 5 heteroatoms. The first-order chi connectivity index (χ1) is 11.0. The minimum absolute atomic E-state index is 0.142. The van der Waals surface area contributed by atoms with Gasteiger partial charge in [0.05, 0.1) is 18.4 Å². The predicted molar refractivity (Wildman–Crippen MR) is 94.4 cm³/mol. The zero-order chi connectivity index (χ0) is 16.8. The van der Waals surface area contributed by atoms with E-state index in [0.29, 0.717) is 11.3 Å². The maximum Gasteiger partial charge on any atom is 0.330 e. The summed E-state index contributed by atoms with van der Waals surface area (Å²) in [5.41, 5.74) is 2.02. The van der Waals surface area contributed by atoms with Gasteiger partial charge in [0.2, 0.25) is 0 Å². The first-order valence-electron chi connectivity index (χ1n) is 6.92. The summed E-state index contributed by atoms with van der Waals surface area (Å²) in [7, 11) is 3.02. The van der Waals surface area contributed by atoms with Gasteiger partial charge in [0.1, 0.15) is 0 Å². The Morgan fingerprint density at radius 3 is 2.43 bits per heavy atom. The molecule has 2 aromatic rings. The van der Waals surface area contributed by atoms with Crippen molar-refractivity contribution in [3.63, 3.8) is 0 Å². The van der Waals surface area contributed by atoms with E-state index in [1.54, 1.807) is 24.1 Å². The van der Waals surface area contributed by atoms with Gasteiger partial charge < -0.3 is 9.64 Å². The van der Waals surface area contributed by atoms with Gasteiger partial charge in [-0.3, -0.25) is 4.79 Å². The number of nitrogens with zero attached hydrogens (tertiary/aromatic N) is 1. The highest BCUT2D eigenvalue weighted by Crippen LogP contribution is 2.25. The Balaban J connectivity index is 2.35. The van der Waals surface area contributed by atoms with Crippen molar-refractivity contribution in [2.45, 2.75) is 0 Å². The van der Waals surface area contributed by atoms with Crippen LogP contribution in [0.25, 0.3) is 6.08 Å². The van der Waals surface area contributed by atoms with Crippen LogP contribution in [0.1, 0.15) is 15.9 Å². The molecule has 23 heavy (non-hydrogen) atoms. The third-order valence-corrected chi connectivity index (χ3v) is 4.00. The van der Waals surface area contributed by atoms with Crippen LogP contribution in [-0.2, 0) is 9.53 Å². The number of hydrogen-bond acceptors (Lipinski definition) is 3. The molecule has 1 amide bonds. The molecule has 2 aromatic carbocycles. The molecule has 118 valence electrons. The van der Waals surface area contributed by atoms with E-state index >= 15 is 0 Å². The maximum absolute atomic E-state index is 12.7. The molecule has 0 aliphatic carbocycles. The number of benzene rings is 2. The summed E-state index contributed by atoms with van der Waals surface area (Å²) in [5, 5.41) is 0. The van der Waals surface area contributed by atoms with Gasteiger partial charge in [0.15, 0.2) is 0 Å². The maximum atomic E-state index is 12.7. The van der Waals surface area contributed by atoms with Gasteiger partial charge in [-0.1, -0.05) is 30.3 Å². The first-order valence-corrected chi connectivity index (χ1v) is 7.71. The van der Waals surface area contributed by atoms with Gasteiger partial charge in [-0.25, -0.2) is 4.79 Å². The molecule has 0 aliphatic rings. The lowest BCUT2D eigenvalue weighted by atomic mass is 10.1. The Morgan fingerprint density at radius 2 is 1.74 bits per heavy atom. The average molecular weight is 374 g/mol. The number of carbonyl (C=O) groups excluding carboxylic acids is 2. The lowest BCUT2D eigenvalue weighted by Gasteiger charge is -2.20. The fourth-order valence-corrected chi connectivity index (χ4v) is 2.54. The summed E-state index contributed by atoms with van der Waals surface area (Å²) in [6.45, 7) is 0. The van der Waals surface area contributed by atoms with Crippen molar-refractivity contribution in [3.05, 3.63) is 70.2 Å². The molecular weight excluding hydrogens is 358 g/mol. The number of carbonyl (C=O) groups is 2. The van der Waals surface area contributed by atoms with Gasteiger partial charge in [-0.15, -0.1) is 0 Å². The van der Waals surface area contributed by atoms with Crippen LogP contribution < -0.4 is 4.90 Å². The molecule has 0 saturated heterocycles. The second-order valence-electron chi connectivity index (χ2n) is 4.76. The van der Waals surface area contributed by atoms with E-state index in [0.717, 1.165) is 10.0 Å². The largest absolute Gasteiger partial charge is 0.466 e.